The fourth-order valence-electron chi connectivity index (χ4n) is 3.05. The zero-order valence-corrected chi connectivity index (χ0v) is 13.7. The number of nitrogens with zero attached hydrogens (tertiary/aromatic N) is 3. The Labute approximate surface area is 128 Å². The molecule has 5 heteroatoms. The predicted molar refractivity (Wildman–Crippen MR) is 86.7 cm³/mol. The van der Waals surface area contributed by atoms with Gasteiger partial charge in [0.05, 0.1) is 5.69 Å². The number of ether oxygens (including phenoxy) is 1. The first-order valence-corrected chi connectivity index (χ1v) is 8.21. The fourth-order valence-corrected chi connectivity index (χ4v) is 3.05. The molecule has 0 radical (unpaired) electrons. The second-order valence-corrected chi connectivity index (χ2v) is 6.11. The van der Waals surface area contributed by atoms with Crippen molar-refractivity contribution in [3.8, 4) is 0 Å². The number of aromatic nitrogens is 2. The summed E-state index contributed by atoms with van der Waals surface area (Å²) in [6.07, 6.45) is 6.55. The average molecular weight is 294 g/mol. The standard InChI is InChI=1S/C16H30N4O/c1-4-15-12-20(8-5-11-21-3)16(18-15)19-9-6-14(7-10-19)13(2)17/h12-14H,4-11,17H2,1-3H3. The lowest BCUT2D eigenvalue weighted by Crippen LogP contribution is -2.40. The van der Waals surface area contributed by atoms with Crippen LogP contribution in [-0.2, 0) is 17.7 Å². The molecule has 0 spiro atoms. The van der Waals surface area contributed by atoms with Crippen LogP contribution in [0.3, 0.4) is 0 Å². The minimum absolute atomic E-state index is 0.305. The molecule has 0 saturated carbocycles. The third kappa shape index (κ3) is 4.20. The first-order valence-electron chi connectivity index (χ1n) is 8.21. The van der Waals surface area contributed by atoms with Crippen LogP contribution in [0.25, 0.3) is 0 Å². The normalized spacial score (nSPS) is 18.2. The maximum atomic E-state index is 6.03. The van der Waals surface area contributed by atoms with Crippen LogP contribution < -0.4 is 10.6 Å². The van der Waals surface area contributed by atoms with Crippen molar-refractivity contribution in [1.29, 1.82) is 0 Å². The van der Waals surface area contributed by atoms with Crippen LogP contribution in [0.15, 0.2) is 6.20 Å². The molecular formula is C16H30N4O. The monoisotopic (exact) mass is 294 g/mol. The molecule has 1 aliphatic heterocycles. The molecule has 1 atom stereocenters. The Morgan fingerprint density at radius 3 is 2.71 bits per heavy atom. The van der Waals surface area contributed by atoms with E-state index in [1.165, 1.54) is 18.5 Å². The quantitative estimate of drug-likeness (QED) is 0.782. The molecule has 2 rings (SSSR count). The van der Waals surface area contributed by atoms with Gasteiger partial charge in [0.2, 0.25) is 5.95 Å². The Kier molecular flexibility index (Phi) is 6.06. The molecule has 21 heavy (non-hydrogen) atoms. The van der Waals surface area contributed by atoms with Gasteiger partial charge in [0.25, 0.3) is 0 Å². The van der Waals surface area contributed by atoms with Crippen LogP contribution in [0.5, 0.6) is 0 Å². The number of methoxy groups -OCH3 is 1. The summed E-state index contributed by atoms with van der Waals surface area (Å²) < 4.78 is 7.46. The summed E-state index contributed by atoms with van der Waals surface area (Å²) >= 11 is 0. The van der Waals surface area contributed by atoms with Gasteiger partial charge in [-0.25, -0.2) is 4.98 Å². The Morgan fingerprint density at radius 1 is 1.43 bits per heavy atom. The van der Waals surface area contributed by atoms with Crippen LogP contribution in [0, 0.1) is 5.92 Å². The van der Waals surface area contributed by atoms with E-state index in [-0.39, 0.29) is 0 Å². The van der Waals surface area contributed by atoms with E-state index in [1.54, 1.807) is 7.11 Å². The third-order valence-corrected chi connectivity index (χ3v) is 4.48. The molecule has 1 aromatic rings. The van der Waals surface area contributed by atoms with Crippen molar-refractivity contribution in [2.45, 2.75) is 52.1 Å². The van der Waals surface area contributed by atoms with Crippen LogP contribution in [0.1, 0.15) is 38.8 Å². The summed E-state index contributed by atoms with van der Waals surface area (Å²) in [6.45, 7) is 8.19. The summed E-state index contributed by atoms with van der Waals surface area (Å²) in [4.78, 5) is 7.24. The number of hydrogen-bond acceptors (Lipinski definition) is 4. The first-order chi connectivity index (χ1) is 10.2. The molecule has 1 aromatic heterocycles. The van der Waals surface area contributed by atoms with Gasteiger partial charge in [-0.1, -0.05) is 6.92 Å². The minimum Gasteiger partial charge on any atom is -0.385 e. The van der Waals surface area contributed by atoms with E-state index in [0.717, 1.165) is 45.0 Å². The highest BCUT2D eigenvalue weighted by Gasteiger charge is 2.24. The summed E-state index contributed by atoms with van der Waals surface area (Å²) in [5, 5.41) is 0. The molecule has 0 amide bonds. The summed E-state index contributed by atoms with van der Waals surface area (Å²) in [7, 11) is 1.76. The maximum Gasteiger partial charge on any atom is 0.205 e. The first kappa shape index (κ1) is 16.3. The second-order valence-electron chi connectivity index (χ2n) is 6.11. The Bertz CT molecular complexity index is 422. The molecule has 2 heterocycles. The van der Waals surface area contributed by atoms with Gasteiger partial charge in [-0.15, -0.1) is 0 Å². The van der Waals surface area contributed by atoms with Crippen LogP contribution in [-0.4, -0.2) is 42.4 Å². The van der Waals surface area contributed by atoms with Gasteiger partial charge in [-0.2, -0.15) is 0 Å². The van der Waals surface area contributed by atoms with E-state index in [9.17, 15) is 0 Å². The largest absolute Gasteiger partial charge is 0.385 e. The van der Waals surface area contributed by atoms with E-state index >= 15 is 0 Å². The van der Waals surface area contributed by atoms with Crippen LogP contribution in [0.4, 0.5) is 5.95 Å². The molecular weight excluding hydrogens is 264 g/mol. The van der Waals surface area contributed by atoms with Gasteiger partial charge in [0.1, 0.15) is 0 Å². The van der Waals surface area contributed by atoms with Crippen molar-refractivity contribution in [2.24, 2.45) is 11.7 Å². The number of rotatable bonds is 7. The average Bonchev–Trinajstić information content (AvgIpc) is 2.91. The van der Waals surface area contributed by atoms with Crippen molar-refractivity contribution in [1.82, 2.24) is 9.55 Å². The van der Waals surface area contributed by atoms with Gasteiger partial charge in [0, 0.05) is 45.6 Å². The number of hydrogen-bond donors (Lipinski definition) is 1. The zero-order chi connectivity index (χ0) is 15.2. The van der Waals surface area contributed by atoms with Crippen LogP contribution in [0.2, 0.25) is 0 Å². The summed E-state index contributed by atoms with van der Waals surface area (Å²) in [5.74, 6) is 1.79. The van der Waals surface area contributed by atoms with Crippen molar-refractivity contribution in [3.05, 3.63) is 11.9 Å². The Hall–Kier alpha value is -1.07. The van der Waals surface area contributed by atoms with E-state index in [0.29, 0.717) is 12.0 Å². The predicted octanol–water partition coefficient (Wildman–Crippen LogP) is 2.05. The highest BCUT2D eigenvalue weighted by atomic mass is 16.5. The van der Waals surface area contributed by atoms with Crippen molar-refractivity contribution < 1.29 is 4.74 Å². The van der Waals surface area contributed by atoms with Crippen LogP contribution >= 0.6 is 0 Å². The van der Waals surface area contributed by atoms with E-state index in [1.807, 2.05) is 0 Å². The van der Waals surface area contributed by atoms with Gasteiger partial charge < -0.3 is 19.9 Å². The molecule has 120 valence electrons. The van der Waals surface area contributed by atoms with Gasteiger partial charge in [-0.05, 0) is 38.5 Å². The van der Waals surface area contributed by atoms with Crippen molar-refractivity contribution in [3.63, 3.8) is 0 Å². The van der Waals surface area contributed by atoms with Gasteiger partial charge >= 0.3 is 0 Å². The lowest BCUT2D eigenvalue weighted by atomic mass is 9.91. The molecule has 0 bridgehead atoms. The Balaban J connectivity index is 2.02. The second kappa shape index (κ2) is 7.80. The summed E-state index contributed by atoms with van der Waals surface area (Å²) in [5.41, 5.74) is 7.21. The SMILES string of the molecule is CCc1cn(CCCOC)c(N2CCC(C(C)N)CC2)n1. The molecule has 0 aliphatic carbocycles. The number of aryl methyl sites for hydroxylation is 2. The van der Waals surface area contributed by atoms with Gasteiger partial charge in [0.15, 0.2) is 0 Å². The number of piperidine rings is 1. The highest BCUT2D eigenvalue weighted by molar-refractivity contribution is 5.34. The zero-order valence-electron chi connectivity index (χ0n) is 13.7. The third-order valence-electron chi connectivity index (χ3n) is 4.48. The molecule has 1 unspecified atom stereocenters. The smallest absolute Gasteiger partial charge is 0.205 e. The molecule has 5 nitrogen and oxygen atoms in total. The number of nitrogens with two attached hydrogens (primary N) is 1. The number of anilines is 1. The van der Waals surface area contributed by atoms with E-state index < -0.39 is 0 Å². The molecule has 1 aliphatic rings. The van der Waals surface area contributed by atoms with E-state index in [4.69, 9.17) is 15.5 Å². The fraction of sp³-hybridized carbons (Fsp3) is 0.812. The molecule has 0 aromatic carbocycles. The van der Waals surface area contributed by atoms with E-state index in [2.05, 4.69) is 29.5 Å². The lowest BCUT2D eigenvalue weighted by molar-refractivity contribution is 0.190. The van der Waals surface area contributed by atoms with Crippen molar-refractivity contribution >= 4 is 5.95 Å². The van der Waals surface area contributed by atoms with Gasteiger partial charge in [-0.3, -0.25) is 0 Å². The topological polar surface area (TPSA) is 56.3 Å². The molecule has 2 N–H and O–H groups in total. The minimum atomic E-state index is 0.305. The number of imidazole rings is 1. The molecule has 1 fully saturated rings. The highest BCUT2D eigenvalue weighted by Crippen LogP contribution is 2.24. The summed E-state index contributed by atoms with van der Waals surface area (Å²) in [6, 6.07) is 0.305. The molecule has 1 saturated heterocycles. The maximum absolute atomic E-state index is 6.03. The van der Waals surface area contributed by atoms with Crippen molar-refractivity contribution in [2.75, 3.05) is 31.7 Å². The Morgan fingerprint density at radius 2 is 2.14 bits per heavy atom. The lowest BCUT2D eigenvalue weighted by Gasteiger charge is -2.34.